The molecule has 1 fully saturated rings. The summed E-state index contributed by atoms with van der Waals surface area (Å²) in [4.78, 5) is 21.1. The van der Waals surface area contributed by atoms with Gasteiger partial charge in [-0.15, -0.1) is 12.4 Å². The lowest BCUT2D eigenvalue weighted by atomic mass is 10.0. The first kappa shape index (κ1) is 20.2. The number of amides is 1. The minimum atomic E-state index is -0.211. The van der Waals surface area contributed by atoms with Crippen LogP contribution in [0.3, 0.4) is 0 Å². The summed E-state index contributed by atoms with van der Waals surface area (Å²) in [6.07, 6.45) is 0. The van der Waals surface area contributed by atoms with E-state index < -0.39 is 0 Å². The molecule has 1 aromatic carbocycles. The molecule has 2 aliphatic heterocycles. The third-order valence-electron chi connectivity index (χ3n) is 4.62. The molecule has 1 N–H and O–H groups in total. The number of hydrogen-bond donors (Lipinski definition) is 1. The average Bonchev–Trinajstić information content (AvgIpc) is 2.98. The number of benzene rings is 1. The molecule has 138 valence electrons. The van der Waals surface area contributed by atoms with Gasteiger partial charge in [-0.2, -0.15) is 4.99 Å². The zero-order valence-corrected chi connectivity index (χ0v) is 16.4. The van der Waals surface area contributed by atoms with Crippen molar-refractivity contribution in [3.63, 3.8) is 0 Å². The van der Waals surface area contributed by atoms with Crippen molar-refractivity contribution < 1.29 is 9.90 Å². The largest absolute Gasteiger partial charge is 0.395 e. The molecule has 0 saturated carbocycles. The van der Waals surface area contributed by atoms with Crippen LogP contribution < -0.4 is 0 Å². The Bertz CT molecular complexity index is 613. The number of piperazine rings is 1. The van der Waals surface area contributed by atoms with Gasteiger partial charge in [0.25, 0.3) is 5.91 Å². The van der Waals surface area contributed by atoms with Crippen LogP contribution in [0, 0.1) is 0 Å². The fourth-order valence-electron chi connectivity index (χ4n) is 3.05. The smallest absolute Gasteiger partial charge is 0.266 e. The van der Waals surface area contributed by atoms with Crippen LogP contribution in [0.5, 0.6) is 0 Å². The third-order valence-corrected chi connectivity index (χ3v) is 5.89. The molecule has 1 saturated heterocycles. The number of aliphatic imine (C=N–C) groups is 1. The molecule has 25 heavy (non-hydrogen) atoms. The molecule has 3 rings (SSSR count). The average molecular weight is 384 g/mol. The Morgan fingerprint density at radius 2 is 1.84 bits per heavy atom. The highest BCUT2D eigenvalue weighted by molar-refractivity contribution is 8.15. The number of carbonyl (C=O) groups excluding carboxylic acids is 1. The molecule has 2 heterocycles. The number of amidine groups is 1. The molecule has 1 unspecified atom stereocenters. The highest BCUT2D eigenvalue weighted by Crippen LogP contribution is 2.38. The minimum Gasteiger partial charge on any atom is -0.395 e. The maximum absolute atomic E-state index is 12.3. The number of halogens is 1. The lowest BCUT2D eigenvalue weighted by Crippen LogP contribution is -2.48. The number of carbonyl (C=O) groups is 1. The number of β-amino-alcohol motifs (C(OH)–C–C–N with tert-alkyl or cyclic N) is 1. The molecule has 0 bridgehead atoms. The molecule has 0 aliphatic carbocycles. The zero-order chi connectivity index (χ0) is 17.1. The summed E-state index contributed by atoms with van der Waals surface area (Å²) in [5.41, 5.74) is 2.32. The van der Waals surface area contributed by atoms with Crippen LogP contribution in [-0.4, -0.2) is 65.3 Å². The minimum absolute atomic E-state index is 0. The Hall–Kier alpha value is -1.08. The normalized spacial score (nSPS) is 21.4. The van der Waals surface area contributed by atoms with E-state index in [1.807, 2.05) is 0 Å². The second-order valence-corrected chi connectivity index (χ2v) is 7.68. The number of hydrogen-bond acceptors (Lipinski definition) is 5. The lowest BCUT2D eigenvalue weighted by Gasteiger charge is -2.35. The molecule has 0 radical (unpaired) electrons. The first-order valence-electron chi connectivity index (χ1n) is 8.55. The summed E-state index contributed by atoms with van der Waals surface area (Å²) in [6.45, 7) is 8.78. The summed E-state index contributed by atoms with van der Waals surface area (Å²) in [5.74, 6) is 0.443. The second kappa shape index (κ2) is 9.03. The van der Waals surface area contributed by atoms with E-state index in [-0.39, 0.29) is 30.2 Å². The number of aliphatic hydroxyl groups is 1. The predicted octanol–water partition coefficient (Wildman–Crippen LogP) is 2.51. The van der Waals surface area contributed by atoms with Gasteiger partial charge in [-0.05, 0) is 17.0 Å². The summed E-state index contributed by atoms with van der Waals surface area (Å²) in [6, 6.07) is 8.34. The number of nitrogens with zero attached hydrogens (tertiary/aromatic N) is 3. The Morgan fingerprint density at radius 3 is 2.40 bits per heavy atom. The van der Waals surface area contributed by atoms with Gasteiger partial charge in [0.2, 0.25) is 0 Å². The van der Waals surface area contributed by atoms with Crippen molar-refractivity contribution in [3.05, 3.63) is 35.4 Å². The molecule has 2 aliphatic rings. The van der Waals surface area contributed by atoms with E-state index in [0.717, 1.165) is 43.5 Å². The van der Waals surface area contributed by atoms with Crippen molar-refractivity contribution in [2.45, 2.75) is 25.0 Å². The third kappa shape index (κ3) is 4.76. The van der Waals surface area contributed by atoms with Crippen LogP contribution in [0.4, 0.5) is 0 Å². The summed E-state index contributed by atoms with van der Waals surface area (Å²) in [7, 11) is 0. The van der Waals surface area contributed by atoms with Gasteiger partial charge in [0.05, 0.1) is 6.61 Å². The zero-order valence-electron chi connectivity index (χ0n) is 14.7. The van der Waals surface area contributed by atoms with E-state index in [9.17, 15) is 4.79 Å². The van der Waals surface area contributed by atoms with Crippen LogP contribution in [-0.2, 0) is 4.79 Å². The first-order chi connectivity index (χ1) is 11.6. The van der Waals surface area contributed by atoms with Gasteiger partial charge in [0.1, 0.15) is 5.25 Å². The fourth-order valence-corrected chi connectivity index (χ4v) is 4.18. The van der Waals surface area contributed by atoms with Crippen molar-refractivity contribution in [1.29, 1.82) is 0 Å². The van der Waals surface area contributed by atoms with Crippen LogP contribution in [0.25, 0.3) is 0 Å². The van der Waals surface area contributed by atoms with Crippen LogP contribution in [0.1, 0.15) is 36.1 Å². The molecule has 1 aromatic rings. The van der Waals surface area contributed by atoms with Gasteiger partial charge in [0.15, 0.2) is 5.17 Å². The molecule has 5 nitrogen and oxygen atoms in total. The van der Waals surface area contributed by atoms with Crippen molar-refractivity contribution in [2.75, 3.05) is 39.3 Å². The summed E-state index contributed by atoms with van der Waals surface area (Å²) in [5, 5.41) is 9.65. The lowest BCUT2D eigenvalue weighted by molar-refractivity contribution is -0.117. The first-order valence-corrected chi connectivity index (χ1v) is 9.43. The Kier molecular flexibility index (Phi) is 7.31. The number of aliphatic hydroxyl groups excluding tert-OH is 1. The van der Waals surface area contributed by atoms with Crippen LogP contribution in [0.2, 0.25) is 0 Å². The fraction of sp³-hybridized carbons (Fsp3) is 0.556. The summed E-state index contributed by atoms with van der Waals surface area (Å²) >= 11 is 1.57. The van der Waals surface area contributed by atoms with Crippen molar-refractivity contribution in [1.82, 2.24) is 9.80 Å². The maximum atomic E-state index is 12.3. The summed E-state index contributed by atoms with van der Waals surface area (Å²) < 4.78 is 0. The maximum Gasteiger partial charge on any atom is 0.266 e. The molecule has 7 heteroatoms. The van der Waals surface area contributed by atoms with Crippen molar-refractivity contribution in [3.8, 4) is 0 Å². The van der Waals surface area contributed by atoms with Crippen LogP contribution in [0.15, 0.2) is 29.3 Å². The standard InChI is InChI=1S/C18H25N3O2S.ClH/c1-13(2)14-3-5-15(6-4-14)16-17(23)19-18(24-16)21-9-7-20(8-10-21)11-12-22;/h3-6,13,16,22H,7-12H2,1-2H3;1H. The van der Waals surface area contributed by atoms with Gasteiger partial charge >= 0.3 is 0 Å². The second-order valence-electron chi connectivity index (χ2n) is 6.60. The molecular weight excluding hydrogens is 358 g/mol. The van der Waals surface area contributed by atoms with Crippen LogP contribution >= 0.6 is 24.2 Å². The topological polar surface area (TPSA) is 56.1 Å². The molecule has 0 aromatic heterocycles. The Balaban J connectivity index is 0.00000225. The quantitative estimate of drug-likeness (QED) is 0.865. The number of thioether (sulfide) groups is 1. The van der Waals surface area contributed by atoms with Gasteiger partial charge < -0.3 is 10.0 Å². The molecule has 1 amide bonds. The van der Waals surface area contributed by atoms with Crippen molar-refractivity contribution in [2.24, 2.45) is 4.99 Å². The van der Waals surface area contributed by atoms with E-state index in [1.54, 1.807) is 11.8 Å². The SMILES string of the molecule is CC(C)c1ccc(C2SC(N3CCN(CCO)CC3)=NC2=O)cc1.Cl. The molecule has 1 atom stereocenters. The Morgan fingerprint density at radius 1 is 1.20 bits per heavy atom. The van der Waals surface area contributed by atoms with E-state index in [2.05, 4.69) is 52.9 Å². The van der Waals surface area contributed by atoms with E-state index >= 15 is 0 Å². The molecule has 0 spiro atoms. The van der Waals surface area contributed by atoms with Gasteiger partial charge in [-0.3, -0.25) is 9.69 Å². The van der Waals surface area contributed by atoms with Gasteiger partial charge in [0, 0.05) is 32.7 Å². The van der Waals surface area contributed by atoms with E-state index in [0.29, 0.717) is 5.92 Å². The predicted molar refractivity (Wildman–Crippen MR) is 106 cm³/mol. The number of rotatable bonds is 4. The Labute approximate surface area is 159 Å². The molecular formula is C18H26ClN3O2S. The van der Waals surface area contributed by atoms with Gasteiger partial charge in [-0.1, -0.05) is 49.9 Å². The highest BCUT2D eigenvalue weighted by Gasteiger charge is 2.33. The monoisotopic (exact) mass is 383 g/mol. The van der Waals surface area contributed by atoms with E-state index in [1.165, 1.54) is 5.56 Å². The van der Waals surface area contributed by atoms with Gasteiger partial charge in [-0.25, -0.2) is 0 Å². The van der Waals surface area contributed by atoms with Crippen molar-refractivity contribution >= 4 is 35.2 Å². The highest BCUT2D eigenvalue weighted by atomic mass is 35.5. The van der Waals surface area contributed by atoms with E-state index in [4.69, 9.17) is 5.11 Å².